The number of benzene rings is 3. The van der Waals surface area contributed by atoms with Crippen molar-refractivity contribution < 1.29 is 4.57 Å². The second-order valence-electron chi connectivity index (χ2n) is 5.57. The quantitative estimate of drug-likeness (QED) is 0.458. The van der Waals surface area contributed by atoms with Crippen LogP contribution in [0.1, 0.15) is 11.1 Å². The first-order valence-electron chi connectivity index (χ1n) is 7.64. The molecule has 3 aromatic rings. The molecule has 0 aliphatic rings. The SMILES string of the molecule is C[P@](=O)(/C(=C/c1ccccc1)c1ccccc1)c1ccccc1. The summed E-state index contributed by atoms with van der Waals surface area (Å²) in [4.78, 5) is 0. The summed E-state index contributed by atoms with van der Waals surface area (Å²) in [5.74, 6) is 0. The molecule has 0 spiro atoms. The predicted molar refractivity (Wildman–Crippen MR) is 100 cm³/mol. The minimum Gasteiger partial charge on any atom is -0.314 e. The van der Waals surface area contributed by atoms with Crippen molar-refractivity contribution in [3.05, 3.63) is 102 Å². The van der Waals surface area contributed by atoms with Crippen molar-refractivity contribution in [1.82, 2.24) is 0 Å². The van der Waals surface area contributed by atoms with Gasteiger partial charge in [0.15, 0.2) is 0 Å². The van der Waals surface area contributed by atoms with Crippen LogP contribution in [0.4, 0.5) is 0 Å². The van der Waals surface area contributed by atoms with Crippen molar-refractivity contribution >= 4 is 23.8 Å². The molecule has 1 atom stereocenters. The Kier molecular flexibility index (Phi) is 4.60. The molecule has 114 valence electrons. The van der Waals surface area contributed by atoms with Crippen LogP contribution < -0.4 is 5.30 Å². The van der Waals surface area contributed by atoms with E-state index in [1.165, 1.54) is 0 Å². The Morgan fingerprint density at radius 3 is 1.78 bits per heavy atom. The Balaban J connectivity index is 2.17. The smallest absolute Gasteiger partial charge is 0.140 e. The summed E-state index contributed by atoms with van der Waals surface area (Å²) in [6.45, 7) is 1.85. The Morgan fingerprint density at radius 2 is 1.22 bits per heavy atom. The van der Waals surface area contributed by atoms with Gasteiger partial charge in [0, 0.05) is 10.6 Å². The summed E-state index contributed by atoms with van der Waals surface area (Å²) in [5.41, 5.74) is 2.07. The maximum atomic E-state index is 13.7. The molecule has 0 aliphatic heterocycles. The van der Waals surface area contributed by atoms with E-state index < -0.39 is 7.14 Å². The lowest BCUT2D eigenvalue weighted by molar-refractivity contribution is 0.591. The van der Waals surface area contributed by atoms with Gasteiger partial charge in [-0.15, -0.1) is 0 Å². The maximum Gasteiger partial charge on any atom is 0.140 e. The highest BCUT2D eigenvalue weighted by molar-refractivity contribution is 7.80. The van der Waals surface area contributed by atoms with E-state index in [1.807, 2.05) is 104 Å². The van der Waals surface area contributed by atoms with Gasteiger partial charge in [-0.25, -0.2) is 0 Å². The van der Waals surface area contributed by atoms with Crippen LogP contribution in [0, 0.1) is 0 Å². The van der Waals surface area contributed by atoms with E-state index >= 15 is 0 Å². The highest BCUT2D eigenvalue weighted by Gasteiger charge is 2.24. The van der Waals surface area contributed by atoms with E-state index in [9.17, 15) is 4.57 Å². The second kappa shape index (κ2) is 6.81. The predicted octanol–water partition coefficient (Wildman–Crippen LogP) is 5.50. The molecule has 0 heterocycles. The molecule has 0 bridgehead atoms. The van der Waals surface area contributed by atoms with Crippen LogP contribution in [0.2, 0.25) is 0 Å². The molecular weight excluding hydrogens is 299 g/mol. The van der Waals surface area contributed by atoms with Crippen LogP contribution in [0.5, 0.6) is 0 Å². The van der Waals surface area contributed by atoms with Gasteiger partial charge in [-0.3, -0.25) is 0 Å². The molecule has 0 N–H and O–H groups in total. The average Bonchev–Trinajstić information content (AvgIpc) is 2.62. The molecule has 0 aromatic heterocycles. The summed E-state index contributed by atoms with van der Waals surface area (Å²) < 4.78 is 13.7. The van der Waals surface area contributed by atoms with Crippen LogP contribution in [-0.2, 0) is 4.57 Å². The summed E-state index contributed by atoms with van der Waals surface area (Å²) >= 11 is 0. The fourth-order valence-electron chi connectivity index (χ4n) is 2.62. The molecular formula is C21H19OP. The monoisotopic (exact) mass is 318 g/mol. The highest BCUT2D eigenvalue weighted by atomic mass is 31.2. The van der Waals surface area contributed by atoms with E-state index in [-0.39, 0.29) is 0 Å². The Labute approximate surface area is 137 Å². The Bertz CT molecular complexity index is 837. The second-order valence-corrected chi connectivity index (χ2v) is 8.41. The standard InChI is InChI=1S/C21H19OP/c1-23(22,20-15-9-4-10-16-20)21(19-13-7-3-8-14-19)17-18-11-5-2-6-12-18/h2-17H,1H3/b21-17+/t23-/m1/s1. The third-order valence-electron chi connectivity index (χ3n) is 3.88. The average molecular weight is 318 g/mol. The lowest BCUT2D eigenvalue weighted by atomic mass is 10.1. The number of hydrogen-bond donors (Lipinski definition) is 0. The fourth-order valence-corrected chi connectivity index (χ4v) is 4.68. The van der Waals surface area contributed by atoms with E-state index in [2.05, 4.69) is 0 Å². The van der Waals surface area contributed by atoms with Gasteiger partial charge < -0.3 is 4.57 Å². The number of rotatable bonds is 4. The largest absolute Gasteiger partial charge is 0.314 e. The topological polar surface area (TPSA) is 17.1 Å². The normalized spacial score (nSPS) is 14.2. The molecule has 0 saturated heterocycles. The molecule has 23 heavy (non-hydrogen) atoms. The minimum absolute atomic E-state index is 0.881. The van der Waals surface area contributed by atoms with Crippen molar-refractivity contribution in [3.8, 4) is 0 Å². The van der Waals surface area contributed by atoms with Crippen molar-refractivity contribution in [2.24, 2.45) is 0 Å². The Hall–Kier alpha value is -2.37. The van der Waals surface area contributed by atoms with Crippen molar-refractivity contribution in [2.45, 2.75) is 0 Å². The zero-order valence-corrected chi connectivity index (χ0v) is 14.0. The van der Waals surface area contributed by atoms with E-state index in [0.717, 1.165) is 21.7 Å². The molecule has 0 fully saturated rings. The zero-order valence-electron chi connectivity index (χ0n) is 13.1. The van der Waals surface area contributed by atoms with E-state index in [4.69, 9.17) is 0 Å². The molecule has 1 nitrogen and oxygen atoms in total. The van der Waals surface area contributed by atoms with E-state index in [0.29, 0.717) is 0 Å². The van der Waals surface area contributed by atoms with Crippen molar-refractivity contribution in [1.29, 1.82) is 0 Å². The van der Waals surface area contributed by atoms with Gasteiger partial charge in [-0.2, -0.15) is 0 Å². The lowest BCUT2D eigenvalue weighted by Gasteiger charge is -2.18. The molecule has 0 radical (unpaired) electrons. The van der Waals surface area contributed by atoms with Gasteiger partial charge in [0.25, 0.3) is 0 Å². The minimum atomic E-state index is -2.68. The van der Waals surface area contributed by atoms with Crippen molar-refractivity contribution in [2.75, 3.05) is 6.66 Å². The number of hydrogen-bond acceptors (Lipinski definition) is 1. The Morgan fingerprint density at radius 1 is 0.739 bits per heavy atom. The third kappa shape index (κ3) is 3.52. The maximum absolute atomic E-state index is 13.7. The van der Waals surface area contributed by atoms with Crippen LogP contribution in [0.3, 0.4) is 0 Å². The first-order valence-corrected chi connectivity index (χ1v) is 9.79. The zero-order chi connectivity index (χ0) is 16.1. The van der Waals surface area contributed by atoms with Crippen LogP contribution in [0.15, 0.2) is 91.0 Å². The van der Waals surface area contributed by atoms with Crippen molar-refractivity contribution in [3.63, 3.8) is 0 Å². The third-order valence-corrected chi connectivity index (χ3v) is 6.47. The molecule has 0 unspecified atom stereocenters. The van der Waals surface area contributed by atoms with Gasteiger partial charge >= 0.3 is 0 Å². The van der Waals surface area contributed by atoms with Crippen LogP contribution in [-0.4, -0.2) is 6.66 Å². The molecule has 3 rings (SSSR count). The summed E-state index contributed by atoms with van der Waals surface area (Å²) in [6.07, 6.45) is 2.04. The molecule has 0 aliphatic carbocycles. The molecule has 2 heteroatoms. The molecule has 3 aromatic carbocycles. The van der Waals surface area contributed by atoms with Crippen LogP contribution in [0.25, 0.3) is 11.4 Å². The lowest BCUT2D eigenvalue weighted by Crippen LogP contribution is -2.04. The highest BCUT2D eigenvalue weighted by Crippen LogP contribution is 2.55. The summed E-state index contributed by atoms with van der Waals surface area (Å²) in [6, 6.07) is 29.8. The molecule has 0 amide bonds. The van der Waals surface area contributed by atoms with Gasteiger partial charge in [-0.1, -0.05) is 91.0 Å². The van der Waals surface area contributed by atoms with Crippen LogP contribution >= 0.6 is 7.14 Å². The summed E-state index contributed by atoms with van der Waals surface area (Å²) in [5, 5.41) is 1.77. The first kappa shape index (κ1) is 15.5. The van der Waals surface area contributed by atoms with Gasteiger partial charge in [0.1, 0.15) is 7.14 Å². The fraction of sp³-hybridized carbons (Fsp3) is 0.0476. The molecule has 0 saturated carbocycles. The first-order chi connectivity index (χ1) is 11.2. The van der Waals surface area contributed by atoms with Gasteiger partial charge in [0.05, 0.1) is 0 Å². The van der Waals surface area contributed by atoms with E-state index in [1.54, 1.807) is 0 Å². The van der Waals surface area contributed by atoms with Gasteiger partial charge in [0.2, 0.25) is 0 Å². The summed E-state index contributed by atoms with van der Waals surface area (Å²) in [7, 11) is -2.68. The van der Waals surface area contributed by atoms with Gasteiger partial charge in [-0.05, 0) is 23.9 Å².